The first-order valence-corrected chi connectivity index (χ1v) is 17.2. The zero-order valence-corrected chi connectivity index (χ0v) is 27.6. The molecular formula is C39H44ClNO4. The lowest BCUT2D eigenvalue weighted by molar-refractivity contribution is -0.143. The van der Waals surface area contributed by atoms with Crippen molar-refractivity contribution in [3.63, 3.8) is 0 Å². The van der Waals surface area contributed by atoms with Crippen molar-refractivity contribution in [2.75, 3.05) is 5.88 Å². The number of carbonyl (C=O) groups excluding carboxylic acids is 3. The Balaban J connectivity index is 1.61. The Morgan fingerprint density at radius 2 is 1.53 bits per heavy atom. The zero-order valence-electron chi connectivity index (χ0n) is 26.8. The van der Waals surface area contributed by atoms with Crippen LogP contribution in [0.25, 0.3) is 11.1 Å². The Morgan fingerprint density at radius 1 is 0.844 bits per heavy atom. The Morgan fingerprint density at radius 3 is 2.20 bits per heavy atom. The molecule has 3 aromatic carbocycles. The Hall–Kier alpha value is -3.57. The molecule has 0 saturated heterocycles. The number of benzene rings is 3. The number of nitrogens with zero attached hydrogens (tertiary/aromatic N) is 1. The monoisotopic (exact) mass is 625 g/mol. The largest absolute Gasteiger partial charge is 0.336 e. The minimum Gasteiger partial charge on any atom is -0.318 e. The number of fused-ring (bicyclic) bond motifs is 4. The second kappa shape index (κ2) is 14.7. The van der Waals surface area contributed by atoms with E-state index in [1.165, 1.54) is 36.8 Å². The first-order valence-electron chi connectivity index (χ1n) is 16.6. The maximum atomic E-state index is 13.8. The van der Waals surface area contributed by atoms with Gasteiger partial charge in [0.25, 0.3) is 0 Å². The molecule has 0 unspecified atom stereocenters. The summed E-state index contributed by atoms with van der Waals surface area (Å²) in [5.74, 6) is -0.574. The number of carbonyl (C=O) groups is 3. The fraction of sp³-hybridized carbons (Fsp3) is 0.436. The number of halogens is 1. The highest BCUT2D eigenvalue weighted by Crippen LogP contribution is 2.55. The summed E-state index contributed by atoms with van der Waals surface area (Å²) < 4.78 is 0. The number of hydrogen-bond donors (Lipinski definition) is 0. The third kappa shape index (κ3) is 6.70. The second-order valence-corrected chi connectivity index (χ2v) is 13.0. The number of aryl methyl sites for hydroxylation is 1. The van der Waals surface area contributed by atoms with E-state index in [1.54, 1.807) is 0 Å². The third-order valence-corrected chi connectivity index (χ3v) is 9.76. The van der Waals surface area contributed by atoms with E-state index in [-0.39, 0.29) is 35.0 Å². The molecule has 6 heteroatoms. The van der Waals surface area contributed by atoms with Crippen LogP contribution in [-0.2, 0) is 21.5 Å². The average molecular weight is 626 g/mol. The van der Waals surface area contributed by atoms with Crippen LogP contribution >= 0.6 is 11.6 Å². The minimum absolute atomic E-state index is 0.0392. The molecule has 0 atom stereocenters. The van der Waals surface area contributed by atoms with Crippen LogP contribution in [0.2, 0.25) is 0 Å². The number of alkyl halides is 1. The number of hydrogen-bond acceptors (Lipinski definition) is 5. The summed E-state index contributed by atoms with van der Waals surface area (Å²) in [7, 11) is 0. The molecule has 5 rings (SSSR count). The van der Waals surface area contributed by atoms with Crippen LogP contribution in [-0.4, -0.2) is 29.1 Å². The van der Waals surface area contributed by atoms with Crippen molar-refractivity contribution in [1.82, 2.24) is 0 Å². The maximum Gasteiger partial charge on any atom is 0.336 e. The molecule has 0 N–H and O–H groups in total. The fourth-order valence-electron chi connectivity index (χ4n) is 7.15. The van der Waals surface area contributed by atoms with Gasteiger partial charge in [0.15, 0.2) is 5.78 Å². The number of rotatable bonds is 15. The van der Waals surface area contributed by atoms with Crippen molar-refractivity contribution >= 4 is 34.8 Å². The van der Waals surface area contributed by atoms with Crippen molar-refractivity contribution in [3.05, 3.63) is 93.5 Å². The highest BCUT2D eigenvalue weighted by molar-refractivity contribution is 6.49. The molecule has 0 spiro atoms. The Labute approximate surface area is 272 Å². The van der Waals surface area contributed by atoms with Gasteiger partial charge in [0.2, 0.25) is 5.78 Å². The van der Waals surface area contributed by atoms with E-state index < -0.39 is 5.97 Å². The van der Waals surface area contributed by atoms with Gasteiger partial charge in [-0.25, -0.2) is 4.79 Å². The summed E-state index contributed by atoms with van der Waals surface area (Å²) in [6.45, 7) is 6.45. The van der Waals surface area contributed by atoms with E-state index in [1.807, 2.05) is 43.3 Å². The predicted octanol–water partition coefficient (Wildman–Crippen LogP) is 9.70. The number of ketones is 2. The fourth-order valence-corrected chi connectivity index (χ4v) is 7.31. The molecule has 0 aliphatic heterocycles. The van der Waals surface area contributed by atoms with Gasteiger partial charge in [-0.1, -0.05) is 113 Å². The minimum atomic E-state index is -0.549. The van der Waals surface area contributed by atoms with Gasteiger partial charge in [0.1, 0.15) is 5.71 Å². The van der Waals surface area contributed by atoms with Gasteiger partial charge in [-0.2, -0.15) is 0 Å². The van der Waals surface area contributed by atoms with Crippen LogP contribution in [0.5, 0.6) is 0 Å². The van der Waals surface area contributed by atoms with Crippen LogP contribution in [0.4, 0.5) is 0 Å². The third-order valence-electron chi connectivity index (χ3n) is 9.57. The molecular weight excluding hydrogens is 582 g/mol. The lowest BCUT2D eigenvalue weighted by Crippen LogP contribution is -2.26. The normalized spacial score (nSPS) is 15.2. The van der Waals surface area contributed by atoms with Gasteiger partial charge in [-0.15, -0.1) is 11.6 Å². The first kappa shape index (κ1) is 32.8. The van der Waals surface area contributed by atoms with Crippen molar-refractivity contribution in [2.45, 2.75) is 103 Å². The summed E-state index contributed by atoms with van der Waals surface area (Å²) in [5.41, 5.74) is 8.56. The van der Waals surface area contributed by atoms with Crippen LogP contribution in [0.1, 0.15) is 133 Å². The molecule has 0 heterocycles. The van der Waals surface area contributed by atoms with Crippen molar-refractivity contribution < 1.29 is 19.2 Å². The van der Waals surface area contributed by atoms with E-state index in [9.17, 15) is 14.4 Å². The van der Waals surface area contributed by atoms with Crippen LogP contribution in [0, 0.1) is 6.92 Å². The number of oxime groups is 1. The molecule has 3 aromatic rings. The zero-order chi connectivity index (χ0) is 32.0. The topological polar surface area (TPSA) is 72.8 Å². The van der Waals surface area contributed by atoms with E-state index in [2.05, 4.69) is 37.2 Å². The van der Waals surface area contributed by atoms with Gasteiger partial charge in [-0.3, -0.25) is 9.59 Å². The van der Waals surface area contributed by atoms with E-state index in [0.717, 1.165) is 66.3 Å². The van der Waals surface area contributed by atoms with Gasteiger partial charge in [0.05, 0.1) is 6.42 Å². The van der Waals surface area contributed by atoms with Crippen LogP contribution < -0.4 is 0 Å². The standard InChI is InChI=1S/C39H44ClNO4/c1-4-6-8-12-19-39(20-13-9-7-5-2)33-22-27(37(43)29-15-11-10-14-26(29)3)16-17-30(33)32-25-31-28(23-34(32)39)24-35(38(31)44)41-45-36(42)18-21-40/h10-11,14-17,22-23,25H,4-9,12-13,18-21,24H2,1-3H3/b41-35-. The van der Waals surface area contributed by atoms with E-state index >= 15 is 0 Å². The first-order chi connectivity index (χ1) is 21.8. The predicted molar refractivity (Wildman–Crippen MR) is 182 cm³/mol. The molecule has 2 aliphatic carbocycles. The molecule has 45 heavy (non-hydrogen) atoms. The van der Waals surface area contributed by atoms with Crippen molar-refractivity contribution in [3.8, 4) is 11.1 Å². The molecule has 236 valence electrons. The van der Waals surface area contributed by atoms with Gasteiger partial charge in [0, 0.05) is 34.4 Å². The van der Waals surface area contributed by atoms with Crippen LogP contribution in [0.15, 0.2) is 59.8 Å². The van der Waals surface area contributed by atoms with Gasteiger partial charge < -0.3 is 4.84 Å². The highest BCUT2D eigenvalue weighted by Gasteiger charge is 2.44. The highest BCUT2D eigenvalue weighted by atomic mass is 35.5. The Bertz CT molecular complexity index is 1610. The maximum absolute atomic E-state index is 13.8. The molecule has 0 saturated carbocycles. The molecule has 0 fully saturated rings. The van der Waals surface area contributed by atoms with E-state index in [0.29, 0.717) is 17.5 Å². The molecule has 0 aromatic heterocycles. The SMILES string of the molecule is CCCCCCC1(CCCCCC)c2cc(C(=O)c3ccccc3C)ccc2-c2cc3c(cc21)C/C(=N/OC(=O)CCCl)C3=O. The van der Waals surface area contributed by atoms with Crippen LogP contribution in [0.3, 0.4) is 0 Å². The number of unbranched alkanes of at least 4 members (excludes halogenated alkanes) is 6. The molecule has 0 radical (unpaired) electrons. The smallest absolute Gasteiger partial charge is 0.318 e. The quantitative estimate of drug-likeness (QED) is 0.0554. The second-order valence-electron chi connectivity index (χ2n) is 12.6. The lowest BCUT2D eigenvalue weighted by atomic mass is 9.70. The van der Waals surface area contributed by atoms with E-state index in [4.69, 9.17) is 16.4 Å². The van der Waals surface area contributed by atoms with Gasteiger partial charge in [-0.05, 0) is 65.3 Å². The summed E-state index contributed by atoms with van der Waals surface area (Å²) in [6, 6.07) is 18.2. The summed E-state index contributed by atoms with van der Waals surface area (Å²) in [4.78, 5) is 44.2. The average Bonchev–Trinajstić information content (AvgIpc) is 3.49. The Kier molecular flexibility index (Phi) is 10.7. The number of Topliss-reactive ketones (excluding diaryl/α,β-unsaturated/α-hetero) is 1. The summed E-state index contributed by atoms with van der Waals surface area (Å²) in [5, 5.41) is 3.95. The molecule has 5 nitrogen and oxygen atoms in total. The summed E-state index contributed by atoms with van der Waals surface area (Å²) in [6.07, 6.45) is 11.6. The molecule has 0 amide bonds. The lowest BCUT2D eigenvalue weighted by Gasteiger charge is -2.33. The molecule has 0 bridgehead atoms. The van der Waals surface area contributed by atoms with Gasteiger partial charge >= 0.3 is 5.97 Å². The van der Waals surface area contributed by atoms with Crippen molar-refractivity contribution in [2.24, 2.45) is 5.16 Å². The van der Waals surface area contributed by atoms with Crippen molar-refractivity contribution in [1.29, 1.82) is 0 Å². The summed E-state index contributed by atoms with van der Waals surface area (Å²) >= 11 is 5.66. The molecule has 2 aliphatic rings.